The third-order valence-electron chi connectivity index (χ3n) is 6.32. The van der Waals surface area contributed by atoms with E-state index < -0.39 is 26.5 Å². The molecule has 0 heterocycles. The molecule has 16 nitrogen and oxygen atoms in total. The number of amides is 1. The van der Waals surface area contributed by atoms with Gasteiger partial charge in [-0.3, -0.25) is 19.6 Å². The highest BCUT2D eigenvalue weighted by molar-refractivity contribution is 7.91. The molecule has 5 N–H and O–H groups in total. The van der Waals surface area contributed by atoms with E-state index in [1.165, 1.54) is 57.5 Å². The molecule has 1 aliphatic carbocycles. The number of hydrazone groups is 1. The maximum Gasteiger partial charge on any atom is 0.296 e. The summed E-state index contributed by atoms with van der Waals surface area (Å²) in [5.41, 5.74) is 3.19. The van der Waals surface area contributed by atoms with Gasteiger partial charge in [0.1, 0.15) is 52.4 Å². The minimum atomic E-state index is -4.92. The second-order valence-corrected chi connectivity index (χ2v) is 11.0. The van der Waals surface area contributed by atoms with Crippen LogP contribution >= 0.6 is 0 Å². The van der Waals surface area contributed by atoms with Crippen molar-refractivity contribution in [1.29, 1.82) is 0 Å². The molecule has 0 bridgehead atoms. The fraction of sp³-hybridized carbons (Fsp3) is 0.233. The fourth-order valence-corrected chi connectivity index (χ4v) is 4.95. The first kappa shape index (κ1) is 34.5. The summed E-state index contributed by atoms with van der Waals surface area (Å²) in [5.74, 6) is -0.190. The lowest BCUT2D eigenvalue weighted by Crippen LogP contribution is -2.27. The lowest BCUT2D eigenvalue weighted by molar-refractivity contribution is -0.114. The number of Topliss-reactive ketones (excluding diaryl/α,β-unsaturated/α-hetero) is 1. The predicted octanol–water partition coefficient (Wildman–Crippen LogP) is 3.71. The smallest absolute Gasteiger partial charge is 0.296 e. The zero-order valence-corrected chi connectivity index (χ0v) is 26.2. The van der Waals surface area contributed by atoms with E-state index in [9.17, 15) is 27.7 Å². The molecule has 0 radical (unpaired) electrons. The number of hydrogen-bond acceptors (Lipinski definition) is 14. The summed E-state index contributed by atoms with van der Waals surface area (Å²) in [4.78, 5) is 24.0. The molecule has 47 heavy (non-hydrogen) atoms. The van der Waals surface area contributed by atoms with Crippen molar-refractivity contribution in [1.82, 2.24) is 0 Å². The number of fused-ring (bicyclic) bond motifs is 1. The Hall–Kier alpha value is -5.36. The van der Waals surface area contributed by atoms with Crippen LogP contribution in [0.4, 0.5) is 22.7 Å². The number of aliphatic hydroxyl groups excluding tert-OH is 2. The van der Waals surface area contributed by atoms with Crippen molar-refractivity contribution in [3.63, 3.8) is 0 Å². The summed E-state index contributed by atoms with van der Waals surface area (Å²) < 4.78 is 56.4. The van der Waals surface area contributed by atoms with Gasteiger partial charge in [0.15, 0.2) is 11.5 Å². The molecule has 0 unspecified atom stereocenters. The monoisotopic (exact) mass is 669 g/mol. The molecule has 0 aliphatic heterocycles. The molecule has 1 aliphatic rings. The Morgan fingerprint density at radius 3 is 2.23 bits per heavy atom. The molecule has 3 aromatic carbocycles. The van der Waals surface area contributed by atoms with E-state index in [0.29, 0.717) is 11.4 Å². The third kappa shape index (κ3) is 8.47. The number of benzene rings is 3. The highest BCUT2D eigenvalue weighted by Gasteiger charge is 2.33. The second-order valence-electron chi connectivity index (χ2n) is 9.57. The lowest BCUT2D eigenvalue weighted by Gasteiger charge is -2.18. The van der Waals surface area contributed by atoms with Gasteiger partial charge < -0.3 is 34.5 Å². The molecule has 0 atom stereocenters. The number of rotatable bonds is 14. The van der Waals surface area contributed by atoms with E-state index in [1.807, 2.05) is 0 Å². The van der Waals surface area contributed by atoms with Gasteiger partial charge in [-0.05, 0) is 42.0 Å². The van der Waals surface area contributed by atoms with Gasteiger partial charge in [-0.2, -0.15) is 13.5 Å². The number of carbonyl (C=O) groups is 2. The van der Waals surface area contributed by atoms with Crippen LogP contribution in [-0.4, -0.2) is 81.2 Å². The number of allylic oxidation sites excluding steroid dienone is 1. The summed E-state index contributed by atoms with van der Waals surface area (Å²) in [6.45, 7) is 0.908. The molecule has 0 spiro atoms. The maximum atomic E-state index is 13.3. The highest BCUT2D eigenvalue weighted by Crippen LogP contribution is 2.40. The van der Waals surface area contributed by atoms with Gasteiger partial charge in [-0.25, -0.2) is 0 Å². The normalized spacial score (nSPS) is 13.6. The van der Waals surface area contributed by atoms with Crippen molar-refractivity contribution in [2.75, 3.05) is 51.4 Å². The van der Waals surface area contributed by atoms with Gasteiger partial charge in [0.2, 0.25) is 11.7 Å². The minimum absolute atomic E-state index is 0.0212. The van der Waals surface area contributed by atoms with Crippen LogP contribution in [0.15, 0.2) is 68.8 Å². The third-order valence-corrected chi connectivity index (χ3v) is 7.19. The summed E-state index contributed by atoms with van der Waals surface area (Å²) in [7, 11) is -2.20. The van der Waals surface area contributed by atoms with E-state index >= 15 is 0 Å². The number of nitrogens with zero attached hydrogens (tertiary/aromatic N) is 3. The molecule has 3 aromatic rings. The number of methoxy groups -OCH3 is 2. The first-order valence-corrected chi connectivity index (χ1v) is 15.2. The molecule has 0 saturated heterocycles. The molecule has 1 amide bonds. The van der Waals surface area contributed by atoms with Crippen molar-refractivity contribution in [2.45, 2.75) is 6.92 Å². The SMILES string of the molecule is COc1cc(N/N=C2\C(=O)c3ccc(NC(C)=O)cc3C=C2S(=O)(=O)O)c(OC)cc1/N=N/c1ccc(OCCO)cc1OCCO. The van der Waals surface area contributed by atoms with E-state index in [2.05, 4.69) is 26.1 Å². The number of aliphatic hydroxyl groups is 2. The Bertz CT molecular complexity index is 1870. The quantitative estimate of drug-likeness (QED) is 0.0940. The second kappa shape index (κ2) is 15.3. The van der Waals surface area contributed by atoms with Gasteiger partial charge in [-0.1, -0.05) is 0 Å². The van der Waals surface area contributed by atoms with Gasteiger partial charge in [0, 0.05) is 36.4 Å². The molecular formula is C30H31N5O11S. The van der Waals surface area contributed by atoms with Crippen molar-refractivity contribution in [2.24, 2.45) is 15.3 Å². The van der Waals surface area contributed by atoms with E-state index in [4.69, 9.17) is 24.1 Å². The first-order valence-electron chi connectivity index (χ1n) is 13.8. The number of ketones is 1. The van der Waals surface area contributed by atoms with Crippen LogP contribution < -0.4 is 29.7 Å². The number of azo groups is 1. The molecule has 4 rings (SSSR count). The largest absolute Gasteiger partial charge is 0.494 e. The topological polar surface area (TPSA) is 227 Å². The summed E-state index contributed by atoms with van der Waals surface area (Å²) in [6, 6.07) is 11.8. The van der Waals surface area contributed by atoms with Gasteiger partial charge in [0.25, 0.3) is 10.1 Å². The van der Waals surface area contributed by atoms with Crippen LogP contribution in [0.2, 0.25) is 0 Å². The lowest BCUT2D eigenvalue weighted by atomic mass is 9.94. The Morgan fingerprint density at radius 1 is 0.872 bits per heavy atom. The number of carbonyl (C=O) groups excluding carboxylic acids is 2. The number of hydrogen-bond donors (Lipinski definition) is 5. The maximum absolute atomic E-state index is 13.3. The minimum Gasteiger partial charge on any atom is -0.494 e. The van der Waals surface area contributed by atoms with Crippen molar-refractivity contribution < 1.29 is 51.7 Å². The van der Waals surface area contributed by atoms with Gasteiger partial charge in [0.05, 0.1) is 27.4 Å². The summed E-state index contributed by atoms with van der Waals surface area (Å²) in [5, 5.41) is 33.3. The highest BCUT2D eigenvalue weighted by atomic mass is 32.2. The molecular weight excluding hydrogens is 638 g/mol. The Morgan fingerprint density at radius 2 is 1.57 bits per heavy atom. The van der Waals surface area contributed by atoms with E-state index in [-0.39, 0.29) is 77.8 Å². The molecule has 0 aromatic heterocycles. The van der Waals surface area contributed by atoms with Gasteiger partial charge >= 0.3 is 0 Å². The molecule has 248 valence electrons. The van der Waals surface area contributed by atoms with Crippen LogP contribution in [-0.2, 0) is 14.9 Å². The van der Waals surface area contributed by atoms with Crippen LogP contribution in [0.25, 0.3) is 6.08 Å². The zero-order chi connectivity index (χ0) is 34.1. The number of anilines is 2. The van der Waals surface area contributed by atoms with Crippen molar-refractivity contribution in [3.8, 4) is 23.0 Å². The van der Waals surface area contributed by atoms with E-state index in [1.54, 1.807) is 12.1 Å². The van der Waals surface area contributed by atoms with Crippen LogP contribution in [0.3, 0.4) is 0 Å². The van der Waals surface area contributed by atoms with Crippen LogP contribution in [0.1, 0.15) is 22.8 Å². The zero-order valence-electron chi connectivity index (χ0n) is 25.4. The number of ether oxygens (including phenoxy) is 4. The Balaban J connectivity index is 1.68. The Kier molecular flexibility index (Phi) is 11.2. The standard InChI is InChI=1S/C30H31N5O11S/c1-17(38)31-19-4-6-21-18(12-19)13-28(47(40,41)42)29(30(21)39)35-34-24-16-25(43-2)23(15-26(24)44-3)33-32-22-7-5-20(45-10-8-36)14-27(22)46-11-9-37/h4-7,12-16,34,36-37H,8-11H2,1-3H3,(H,31,38)(H,40,41,42)/b33-32+,35-29-. The van der Waals surface area contributed by atoms with E-state index in [0.717, 1.165) is 6.08 Å². The molecule has 0 fully saturated rings. The predicted molar refractivity (Wildman–Crippen MR) is 171 cm³/mol. The fourth-order valence-electron chi connectivity index (χ4n) is 4.29. The molecule has 0 saturated carbocycles. The average molecular weight is 670 g/mol. The number of nitrogens with one attached hydrogen (secondary N) is 2. The average Bonchev–Trinajstić information content (AvgIpc) is 3.04. The van der Waals surface area contributed by atoms with Crippen molar-refractivity contribution >= 4 is 56.3 Å². The van der Waals surface area contributed by atoms with Crippen LogP contribution in [0.5, 0.6) is 23.0 Å². The van der Waals surface area contributed by atoms with Crippen LogP contribution in [0, 0.1) is 0 Å². The summed E-state index contributed by atoms with van der Waals surface area (Å²) >= 11 is 0. The Labute approximate surface area is 269 Å². The molecule has 17 heteroatoms. The first-order chi connectivity index (χ1) is 22.5. The van der Waals surface area contributed by atoms with Crippen molar-refractivity contribution in [3.05, 3.63) is 64.6 Å². The van der Waals surface area contributed by atoms with Gasteiger partial charge in [-0.15, -0.1) is 10.2 Å². The summed E-state index contributed by atoms with van der Waals surface area (Å²) in [6.07, 6.45) is 1.07.